The summed E-state index contributed by atoms with van der Waals surface area (Å²) in [6.45, 7) is 1.90. The summed E-state index contributed by atoms with van der Waals surface area (Å²) in [6.07, 6.45) is 1.62. The molecule has 7 nitrogen and oxygen atoms in total. The molecule has 2 N–H and O–H groups in total. The second-order valence-electron chi connectivity index (χ2n) is 4.49. The van der Waals surface area contributed by atoms with Gasteiger partial charge in [-0.05, 0) is 13.0 Å². The first-order valence-electron chi connectivity index (χ1n) is 6.00. The molecule has 2 aromatic heterocycles. The van der Waals surface area contributed by atoms with Gasteiger partial charge in [0.2, 0.25) is 5.82 Å². The smallest absolute Gasteiger partial charge is 0.333 e. The van der Waals surface area contributed by atoms with Crippen LogP contribution in [0.15, 0.2) is 34.9 Å². The molecule has 0 unspecified atom stereocenters. The molecule has 0 radical (unpaired) electrons. The largest absolute Gasteiger partial charge is 0.464 e. The Kier molecular flexibility index (Phi) is 2.67. The van der Waals surface area contributed by atoms with E-state index in [1.54, 1.807) is 13.2 Å². The minimum absolute atomic E-state index is 0.0535. The van der Waals surface area contributed by atoms with Gasteiger partial charge in [-0.2, -0.15) is 5.10 Å². The van der Waals surface area contributed by atoms with Crippen LogP contribution >= 0.6 is 0 Å². The number of nitrogens with two attached hydrogens (primary N) is 1. The number of aromatic nitrogens is 2. The minimum atomic E-state index is -0.512. The molecule has 102 valence electrons. The number of nitrogens with zero attached hydrogens (tertiary/aromatic N) is 3. The van der Waals surface area contributed by atoms with Gasteiger partial charge in [-0.25, -0.2) is 4.68 Å². The molecule has 0 aliphatic heterocycles. The van der Waals surface area contributed by atoms with Crippen molar-refractivity contribution in [1.29, 1.82) is 0 Å². The van der Waals surface area contributed by atoms with E-state index in [-0.39, 0.29) is 11.5 Å². The highest BCUT2D eigenvalue weighted by Crippen LogP contribution is 2.27. The maximum Gasteiger partial charge on any atom is 0.333 e. The number of para-hydroxylation sites is 1. The number of nitrogen functional groups attached to an aromatic ring is 1. The van der Waals surface area contributed by atoms with E-state index in [0.717, 1.165) is 16.5 Å². The van der Waals surface area contributed by atoms with Crippen molar-refractivity contribution in [1.82, 2.24) is 9.78 Å². The lowest BCUT2D eigenvalue weighted by molar-refractivity contribution is -0.384. The number of benzene rings is 1. The molecule has 0 fully saturated rings. The first kappa shape index (κ1) is 12.2. The average molecular weight is 272 g/mol. The Morgan fingerprint density at radius 3 is 2.90 bits per heavy atom. The Bertz CT molecular complexity index is 803. The maximum absolute atomic E-state index is 10.9. The zero-order chi connectivity index (χ0) is 14.3. The Morgan fingerprint density at radius 1 is 1.45 bits per heavy atom. The van der Waals surface area contributed by atoms with Crippen molar-refractivity contribution in [2.75, 3.05) is 5.73 Å². The highest BCUT2D eigenvalue weighted by molar-refractivity contribution is 5.80. The van der Waals surface area contributed by atoms with Crippen LogP contribution in [0.4, 0.5) is 11.5 Å². The molecule has 20 heavy (non-hydrogen) atoms. The number of aryl methyl sites for hydroxylation is 1. The molecule has 0 aliphatic carbocycles. The van der Waals surface area contributed by atoms with E-state index in [1.165, 1.54) is 4.68 Å². The number of hydrogen-bond donors (Lipinski definition) is 1. The zero-order valence-electron chi connectivity index (χ0n) is 10.7. The summed E-state index contributed by atoms with van der Waals surface area (Å²) in [7, 11) is 0. The molecule has 0 atom stereocenters. The summed E-state index contributed by atoms with van der Waals surface area (Å²) in [5.74, 6) is 0.0535. The molecule has 0 saturated heterocycles. The number of anilines is 1. The Hall–Kier alpha value is -2.83. The fourth-order valence-corrected chi connectivity index (χ4v) is 2.25. The van der Waals surface area contributed by atoms with Gasteiger partial charge in [0.05, 0.1) is 17.7 Å². The number of rotatable bonds is 3. The van der Waals surface area contributed by atoms with Gasteiger partial charge in [0.15, 0.2) is 0 Å². The first-order chi connectivity index (χ1) is 9.58. The fourth-order valence-electron chi connectivity index (χ4n) is 2.25. The monoisotopic (exact) mass is 272 g/mol. The molecular formula is C13H12N4O3. The second-order valence-corrected chi connectivity index (χ2v) is 4.49. The summed E-state index contributed by atoms with van der Waals surface area (Å²) < 4.78 is 6.85. The molecule has 1 aromatic carbocycles. The molecule has 2 heterocycles. The molecular weight excluding hydrogens is 260 g/mol. The molecule has 7 heteroatoms. The Labute approximate surface area is 113 Å². The van der Waals surface area contributed by atoms with Gasteiger partial charge in [0.1, 0.15) is 11.3 Å². The van der Waals surface area contributed by atoms with Crippen molar-refractivity contribution in [2.45, 2.75) is 13.5 Å². The van der Waals surface area contributed by atoms with E-state index in [1.807, 2.05) is 24.3 Å². The summed E-state index contributed by atoms with van der Waals surface area (Å²) >= 11 is 0. The molecule has 3 rings (SSSR count). The lowest BCUT2D eigenvalue weighted by Crippen LogP contribution is -2.06. The van der Waals surface area contributed by atoms with Crippen LogP contribution in [0.1, 0.15) is 11.3 Å². The lowest BCUT2D eigenvalue weighted by atomic mass is 10.2. The highest BCUT2D eigenvalue weighted by atomic mass is 16.6. The van der Waals surface area contributed by atoms with Gasteiger partial charge in [0.25, 0.3) is 0 Å². The highest BCUT2D eigenvalue weighted by Gasteiger charge is 2.23. The SMILES string of the molecule is Cc1nn(Cc2coc3ccccc23)c(N)c1[N+](=O)[O-]. The van der Waals surface area contributed by atoms with Crippen LogP contribution in [0.25, 0.3) is 11.0 Å². The van der Waals surface area contributed by atoms with Crippen LogP contribution in [0.3, 0.4) is 0 Å². The van der Waals surface area contributed by atoms with E-state index in [4.69, 9.17) is 10.2 Å². The van der Waals surface area contributed by atoms with Crippen LogP contribution in [0, 0.1) is 17.0 Å². The summed E-state index contributed by atoms with van der Waals surface area (Å²) in [5.41, 5.74) is 7.60. The van der Waals surface area contributed by atoms with Crippen molar-refractivity contribution < 1.29 is 9.34 Å². The minimum Gasteiger partial charge on any atom is -0.464 e. The third-order valence-electron chi connectivity index (χ3n) is 3.20. The van der Waals surface area contributed by atoms with Crippen molar-refractivity contribution in [3.8, 4) is 0 Å². The topological polar surface area (TPSA) is 100 Å². The standard InChI is InChI=1S/C13H12N4O3/c1-8-12(17(18)19)13(14)16(15-8)6-9-7-20-11-5-3-2-4-10(9)11/h2-5,7H,6,14H2,1H3. The molecule has 3 aromatic rings. The normalized spacial score (nSPS) is 11.1. The van der Waals surface area contributed by atoms with E-state index >= 15 is 0 Å². The van der Waals surface area contributed by atoms with E-state index in [2.05, 4.69) is 5.10 Å². The van der Waals surface area contributed by atoms with Gasteiger partial charge in [-0.15, -0.1) is 0 Å². The average Bonchev–Trinajstić information content (AvgIpc) is 2.93. The molecule has 0 amide bonds. The van der Waals surface area contributed by atoms with Gasteiger partial charge in [-0.3, -0.25) is 10.1 Å². The summed E-state index contributed by atoms with van der Waals surface area (Å²) in [6, 6.07) is 7.57. The second kappa shape index (κ2) is 4.37. The van der Waals surface area contributed by atoms with Crippen molar-refractivity contribution in [2.24, 2.45) is 0 Å². The van der Waals surface area contributed by atoms with E-state index < -0.39 is 4.92 Å². The van der Waals surface area contributed by atoms with Gasteiger partial charge >= 0.3 is 5.69 Å². The van der Waals surface area contributed by atoms with E-state index in [0.29, 0.717) is 12.2 Å². The number of hydrogen-bond acceptors (Lipinski definition) is 5. The first-order valence-corrected chi connectivity index (χ1v) is 6.00. The third kappa shape index (κ3) is 1.80. The van der Waals surface area contributed by atoms with Gasteiger partial charge in [-0.1, -0.05) is 18.2 Å². The van der Waals surface area contributed by atoms with E-state index in [9.17, 15) is 10.1 Å². The Morgan fingerprint density at radius 2 is 2.20 bits per heavy atom. The number of furan rings is 1. The zero-order valence-corrected chi connectivity index (χ0v) is 10.7. The fraction of sp³-hybridized carbons (Fsp3) is 0.154. The molecule has 0 aliphatic rings. The third-order valence-corrected chi connectivity index (χ3v) is 3.20. The van der Waals surface area contributed by atoms with Crippen molar-refractivity contribution in [3.63, 3.8) is 0 Å². The molecule has 0 saturated carbocycles. The summed E-state index contributed by atoms with van der Waals surface area (Å²) in [5, 5.41) is 16.0. The van der Waals surface area contributed by atoms with Crippen LogP contribution in [0.5, 0.6) is 0 Å². The number of nitro groups is 1. The van der Waals surface area contributed by atoms with Crippen molar-refractivity contribution >= 4 is 22.5 Å². The predicted molar refractivity (Wildman–Crippen MR) is 73.3 cm³/mol. The van der Waals surface area contributed by atoms with Crippen LogP contribution < -0.4 is 5.73 Å². The maximum atomic E-state index is 10.9. The quantitative estimate of drug-likeness (QED) is 0.583. The lowest BCUT2D eigenvalue weighted by Gasteiger charge is -2.01. The van der Waals surface area contributed by atoms with Crippen LogP contribution in [-0.4, -0.2) is 14.7 Å². The summed E-state index contributed by atoms with van der Waals surface area (Å²) in [4.78, 5) is 10.4. The van der Waals surface area contributed by atoms with Crippen LogP contribution in [0.2, 0.25) is 0 Å². The predicted octanol–water partition coefficient (Wildman–Crippen LogP) is 2.48. The molecule has 0 spiro atoms. The Balaban J connectivity index is 2.04. The van der Waals surface area contributed by atoms with Crippen molar-refractivity contribution in [3.05, 3.63) is 51.9 Å². The molecule has 0 bridgehead atoms. The van der Waals surface area contributed by atoms with Gasteiger partial charge < -0.3 is 10.2 Å². The van der Waals surface area contributed by atoms with Crippen LogP contribution in [-0.2, 0) is 6.54 Å². The van der Waals surface area contributed by atoms with Gasteiger partial charge in [0, 0.05) is 10.9 Å². The number of fused-ring (bicyclic) bond motifs is 1.